The van der Waals surface area contributed by atoms with Gasteiger partial charge >= 0.3 is 5.97 Å². The lowest BCUT2D eigenvalue weighted by atomic mass is 9.77. The predicted octanol–water partition coefficient (Wildman–Crippen LogP) is 2.91. The minimum Gasteiger partial charge on any atom is -0.505 e. The van der Waals surface area contributed by atoms with Gasteiger partial charge in [0.15, 0.2) is 17.7 Å². The van der Waals surface area contributed by atoms with Crippen molar-refractivity contribution >= 4 is 5.97 Å². The molecule has 21 heavy (non-hydrogen) atoms. The molecular formula is C16H21FO4. The highest BCUT2D eigenvalue weighted by molar-refractivity contribution is 5.77. The highest BCUT2D eigenvalue weighted by Gasteiger charge is 2.51. The van der Waals surface area contributed by atoms with Crippen molar-refractivity contribution in [2.45, 2.75) is 45.3 Å². The van der Waals surface area contributed by atoms with Gasteiger partial charge in [0.1, 0.15) is 0 Å². The fourth-order valence-electron chi connectivity index (χ4n) is 2.99. The van der Waals surface area contributed by atoms with Gasteiger partial charge in [-0.05, 0) is 43.9 Å². The van der Waals surface area contributed by atoms with Gasteiger partial charge in [0.25, 0.3) is 0 Å². The van der Waals surface area contributed by atoms with Crippen molar-refractivity contribution in [2.75, 3.05) is 7.11 Å². The summed E-state index contributed by atoms with van der Waals surface area (Å²) in [5.41, 5.74) is 0.477. The quantitative estimate of drug-likeness (QED) is 0.853. The normalized spacial score (nSPS) is 27.6. The van der Waals surface area contributed by atoms with Crippen molar-refractivity contribution in [3.63, 3.8) is 0 Å². The minimum absolute atomic E-state index is 0.00996. The van der Waals surface area contributed by atoms with E-state index in [0.29, 0.717) is 11.1 Å². The van der Waals surface area contributed by atoms with Crippen LogP contribution in [0.1, 0.15) is 37.8 Å². The number of halogens is 1. The van der Waals surface area contributed by atoms with Crippen LogP contribution in [0.4, 0.5) is 4.39 Å². The Labute approximate surface area is 123 Å². The second-order valence-corrected chi connectivity index (χ2v) is 6.09. The van der Waals surface area contributed by atoms with E-state index in [4.69, 9.17) is 9.47 Å². The molecule has 3 atom stereocenters. The molecule has 0 aromatic heterocycles. The van der Waals surface area contributed by atoms with E-state index in [0.717, 1.165) is 0 Å². The first kappa shape index (κ1) is 15.8. The topological polar surface area (TPSA) is 55.8 Å². The van der Waals surface area contributed by atoms with Crippen LogP contribution >= 0.6 is 0 Å². The van der Waals surface area contributed by atoms with Gasteiger partial charge in [-0.3, -0.25) is 0 Å². The molecule has 1 aliphatic heterocycles. The number of carbonyl (C=O) groups is 1. The first-order valence-electron chi connectivity index (χ1n) is 6.94. The Morgan fingerprint density at radius 3 is 2.62 bits per heavy atom. The van der Waals surface area contributed by atoms with E-state index in [-0.39, 0.29) is 11.8 Å². The minimum atomic E-state index is -0.775. The molecule has 1 N–H and O–H groups in total. The molecule has 1 heterocycles. The van der Waals surface area contributed by atoms with Gasteiger partial charge in [-0.15, -0.1) is 0 Å². The molecule has 0 amide bonds. The first-order chi connectivity index (χ1) is 9.70. The largest absolute Gasteiger partial charge is 0.505 e. The second kappa shape index (κ2) is 5.30. The van der Waals surface area contributed by atoms with Crippen LogP contribution in [-0.4, -0.2) is 29.9 Å². The Bertz CT molecular complexity index is 568. The number of aromatic hydroxyl groups is 1. The van der Waals surface area contributed by atoms with Crippen molar-refractivity contribution in [3.8, 4) is 5.75 Å². The number of carbonyl (C=O) groups excluding carboxylic acids is 1. The second-order valence-electron chi connectivity index (χ2n) is 6.09. The molecule has 1 aliphatic rings. The third-order valence-corrected chi connectivity index (χ3v) is 4.59. The fourth-order valence-corrected chi connectivity index (χ4v) is 2.99. The monoisotopic (exact) mass is 296 g/mol. The number of benzene rings is 1. The number of ether oxygens (including phenoxy) is 2. The van der Waals surface area contributed by atoms with Gasteiger partial charge in [-0.1, -0.05) is 13.0 Å². The van der Waals surface area contributed by atoms with Crippen molar-refractivity contribution in [3.05, 3.63) is 29.1 Å². The van der Waals surface area contributed by atoms with Crippen LogP contribution in [0.2, 0.25) is 0 Å². The molecule has 1 fully saturated rings. The number of rotatable bonds is 2. The molecule has 1 saturated heterocycles. The maximum Gasteiger partial charge on any atom is 0.335 e. The fraction of sp³-hybridized carbons (Fsp3) is 0.562. The number of methoxy groups -OCH3 is 1. The van der Waals surface area contributed by atoms with Gasteiger partial charge in [-0.25, -0.2) is 9.18 Å². The van der Waals surface area contributed by atoms with Gasteiger partial charge in [-0.2, -0.15) is 0 Å². The Hall–Kier alpha value is -1.62. The van der Waals surface area contributed by atoms with Gasteiger partial charge < -0.3 is 14.6 Å². The molecule has 0 unspecified atom stereocenters. The Balaban J connectivity index is 2.53. The lowest BCUT2D eigenvalue weighted by molar-refractivity contribution is -0.157. The number of hydrogen-bond donors (Lipinski definition) is 1. The van der Waals surface area contributed by atoms with Crippen LogP contribution in [0.25, 0.3) is 0 Å². The number of hydrogen-bond acceptors (Lipinski definition) is 4. The van der Waals surface area contributed by atoms with Crippen molar-refractivity contribution < 1.29 is 23.8 Å². The highest BCUT2D eigenvalue weighted by atomic mass is 19.1. The summed E-state index contributed by atoms with van der Waals surface area (Å²) in [6.07, 6.45) is -0.775. The van der Waals surface area contributed by atoms with Crippen molar-refractivity contribution in [1.29, 1.82) is 0 Å². The van der Waals surface area contributed by atoms with Crippen LogP contribution in [0.15, 0.2) is 12.1 Å². The molecule has 1 aromatic rings. The molecule has 0 saturated carbocycles. The molecular weight excluding hydrogens is 275 g/mol. The maximum atomic E-state index is 14.0. The van der Waals surface area contributed by atoms with E-state index in [1.807, 2.05) is 20.8 Å². The highest BCUT2D eigenvalue weighted by Crippen LogP contribution is 2.47. The maximum absolute atomic E-state index is 14.0. The molecule has 1 aromatic carbocycles. The summed E-state index contributed by atoms with van der Waals surface area (Å²) < 4.78 is 24.6. The average Bonchev–Trinajstić information content (AvgIpc) is 2.67. The summed E-state index contributed by atoms with van der Waals surface area (Å²) in [6.45, 7) is 7.37. The zero-order valence-electron chi connectivity index (χ0n) is 12.9. The third kappa shape index (κ3) is 2.50. The first-order valence-corrected chi connectivity index (χ1v) is 6.94. The Kier molecular flexibility index (Phi) is 3.97. The van der Waals surface area contributed by atoms with E-state index in [1.165, 1.54) is 13.2 Å². The smallest absolute Gasteiger partial charge is 0.335 e. The van der Waals surface area contributed by atoms with Gasteiger partial charge in [0.05, 0.1) is 12.7 Å². The van der Waals surface area contributed by atoms with Crippen molar-refractivity contribution in [1.82, 2.24) is 0 Å². The number of phenolic OH excluding ortho intramolecular Hbond substituents is 1. The van der Waals surface area contributed by atoms with Crippen LogP contribution in [0.3, 0.4) is 0 Å². The van der Waals surface area contributed by atoms with E-state index in [1.54, 1.807) is 13.0 Å². The standard InChI is InChI=1S/C16H21FO4/c1-8-10(6-7-11(18)13(8)17)12-9(2)16(3,4)21-14(12)15(19)20-5/h6-7,9,12,14,18H,1-5H3/t9-,12-,14+/m0/s1. The van der Waals surface area contributed by atoms with E-state index in [2.05, 4.69) is 0 Å². The number of phenols is 1. The zero-order valence-corrected chi connectivity index (χ0v) is 12.9. The summed E-state index contributed by atoms with van der Waals surface area (Å²) >= 11 is 0. The molecule has 0 bridgehead atoms. The van der Waals surface area contributed by atoms with Gasteiger partial charge in [0, 0.05) is 5.92 Å². The van der Waals surface area contributed by atoms with Crippen LogP contribution in [-0.2, 0) is 14.3 Å². The van der Waals surface area contributed by atoms with E-state index < -0.39 is 29.2 Å². The third-order valence-electron chi connectivity index (χ3n) is 4.59. The molecule has 2 rings (SSSR count). The molecule has 4 nitrogen and oxygen atoms in total. The molecule has 0 aliphatic carbocycles. The number of esters is 1. The molecule has 0 spiro atoms. The molecule has 116 valence electrons. The zero-order chi connectivity index (χ0) is 15.9. The average molecular weight is 296 g/mol. The summed E-state index contributed by atoms with van der Waals surface area (Å²) in [5.74, 6) is -1.85. The lowest BCUT2D eigenvalue weighted by Gasteiger charge is -2.25. The van der Waals surface area contributed by atoms with Crippen LogP contribution in [0.5, 0.6) is 5.75 Å². The summed E-state index contributed by atoms with van der Waals surface area (Å²) in [7, 11) is 1.31. The molecule has 5 heteroatoms. The summed E-state index contributed by atoms with van der Waals surface area (Å²) in [6, 6.07) is 2.96. The van der Waals surface area contributed by atoms with Gasteiger partial charge in [0.2, 0.25) is 0 Å². The summed E-state index contributed by atoms with van der Waals surface area (Å²) in [4.78, 5) is 12.0. The predicted molar refractivity (Wildman–Crippen MR) is 75.7 cm³/mol. The SMILES string of the molecule is COC(=O)[C@@H]1OC(C)(C)[C@@H](C)[C@H]1c1ccc(O)c(F)c1C. The Morgan fingerprint density at radius 1 is 1.43 bits per heavy atom. The van der Waals surface area contributed by atoms with E-state index >= 15 is 0 Å². The van der Waals surface area contributed by atoms with Crippen LogP contribution in [0, 0.1) is 18.7 Å². The van der Waals surface area contributed by atoms with E-state index in [9.17, 15) is 14.3 Å². The van der Waals surface area contributed by atoms with Crippen LogP contribution < -0.4 is 0 Å². The van der Waals surface area contributed by atoms with Crippen molar-refractivity contribution in [2.24, 2.45) is 5.92 Å². The Morgan fingerprint density at radius 2 is 2.05 bits per heavy atom. The molecule has 0 radical (unpaired) electrons. The lowest BCUT2D eigenvalue weighted by Crippen LogP contribution is -2.29. The summed E-state index contributed by atoms with van der Waals surface area (Å²) in [5, 5.41) is 9.46.